The highest BCUT2D eigenvalue weighted by Crippen LogP contribution is 2.25. The lowest BCUT2D eigenvalue weighted by atomic mass is 9.98. The molecule has 0 amide bonds. The zero-order valence-electron chi connectivity index (χ0n) is 9.44. The van der Waals surface area contributed by atoms with Crippen molar-refractivity contribution in [3.63, 3.8) is 0 Å². The monoisotopic (exact) mass is 240 g/mol. The van der Waals surface area contributed by atoms with Gasteiger partial charge in [0.2, 0.25) is 0 Å². The van der Waals surface area contributed by atoms with Crippen LogP contribution in [0, 0.1) is 0 Å². The summed E-state index contributed by atoms with van der Waals surface area (Å²) in [6.07, 6.45) is 1.90. The summed E-state index contributed by atoms with van der Waals surface area (Å²) in [6.45, 7) is 3.73. The topological polar surface area (TPSA) is 0 Å². The second-order valence-electron chi connectivity index (χ2n) is 3.74. The fourth-order valence-electron chi connectivity index (χ4n) is 1.73. The summed E-state index contributed by atoms with van der Waals surface area (Å²) in [7, 11) is 0. The first-order valence-electron chi connectivity index (χ1n) is 5.44. The van der Waals surface area contributed by atoms with E-state index in [0.29, 0.717) is 5.03 Å². The van der Waals surface area contributed by atoms with Crippen molar-refractivity contribution in [2.24, 2.45) is 0 Å². The molecule has 0 saturated carbocycles. The van der Waals surface area contributed by atoms with Crippen LogP contribution in [0.2, 0.25) is 0 Å². The van der Waals surface area contributed by atoms with Crippen molar-refractivity contribution in [3.05, 3.63) is 89.5 Å². The third kappa shape index (κ3) is 3.08. The van der Waals surface area contributed by atoms with Gasteiger partial charge in [-0.1, -0.05) is 78.8 Å². The Bertz CT molecular complexity index is 482. The van der Waals surface area contributed by atoms with Crippen molar-refractivity contribution >= 4 is 17.2 Å². The standard InChI is InChI=1S/C16H13Cl/c1-13(17)12-16(14-8-4-2-5-9-14)15-10-6-3-7-11-15/h2-12H,1H2. The zero-order chi connectivity index (χ0) is 12.1. The average molecular weight is 241 g/mol. The van der Waals surface area contributed by atoms with Crippen LogP contribution in [-0.4, -0.2) is 0 Å². The Balaban J connectivity index is 2.51. The molecule has 0 radical (unpaired) electrons. The summed E-state index contributed by atoms with van der Waals surface area (Å²) in [5.41, 5.74) is 3.37. The highest BCUT2D eigenvalue weighted by Gasteiger charge is 2.03. The number of hydrogen-bond acceptors (Lipinski definition) is 0. The van der Waals surface area contributed by atoms with Gasteiger partial charge in [0.25, 0.3) is 0 Å². The van der Waals surface area contributed by atoms with Gasteiger partial charge in [-0.05, 0) is 22.8 Å². The minimum Gasteiger partial charge on any atom is -0.0850 e. The maximum Gasteiger partial charge on any atom is 0.0340 e. The maximum absolute atomic E-state index is 5.90. The van der Waals surface area contributed by atoms with Gasteiger partial charge in [-0.15, -0.1) is 0 Å². The Morgan fingerprint density at radius 1 is 0.824 bits per heavy atom. The van der Waals surface area contributed by atoms with Gasteiger partial charge < -0.3 is 0 Å². The molecule has 0 fully saturated rings. The quantitative estimate of drug-likeness (QED) is 0.672. The molecule has 0 saturated heterocycles. The van der Waals surface area contributed by atoms with E-state index in [0.717, 1.165) is 16.7 Å². The summed E-state index contributed by atoms with van der Waals surface area (Å²) in [5.74, 6) is 0. The predicted molar refractivity (Wildman–Crippen MR) is 75.0 cm³/mol. The van der Waals surface area contributed by atoms with Gasteiger partial charge in [-0.3, -0.25) is 0 Å². The van der Waals surface area contributed by atoms with E-state index in [1.165, 1.54) is 0 Å². The first kappa shape index (κ1) is 11.7. The maximum atomic E-state index is 5.90. The molecule has 0 aromatic heterocycles. The predicted octanol–water partition coefficient (Wildman–Crippen LogP) is 4.87. The molecule has 17 heavy (non-hydrogen) atoms. The molecule has 0 heterocycles. The molecule has 2 aromatic carbocycles. The Hall–Kier alpha value is -1.79. The molecule has 0 atom stereocenters. The Morgan fingerprint density at radius 3 is 1.59 bits per heavy atom. The molecule has 0 bridgehead atoms. The third-order valence-corrected chi connectivity index (χ3v) is 2.58. The Kier molecular flexibility index (Phi) is 3.79. The van der Waals surface area contributed by atoms with Crippen molar-refractivity contribution in [2.45, 2.75) is 0 Å². The van der Waals surface area contributed by atoms with Crippen LogP contribution in [0.3, 0.4) is 0 Å². The van der Waals surface area contributed by atoms with Gasteiger partial charge in [0.05, 0.1) is 0 Å². The minimum atomic E-state index is 0.535. The zero-order valence-corrected chi connectivity index (χ0v) is 10.2. The molecule has 0 N–H and O–H groups in total. The highest BCUT2D eigenvalue weighted by molar-refractivity contribution is 6.31. The molecule has 0 aliphatic rings. The van der Waals surface area contributed by atoms with Crippen LogP contribution in [0.5, 0.6) is 0 Å². The molecule has 0 spiro atoms. The summed E-state index contributed by atoms with van der Waals surface area (Å²) in [5, 5.41) is 0.535. The van der Waals surface area contributed by atoms with Crippen LogP contribution in [0.1, 0.15) is 11.1 Å². The molecular weight excluding hydrogens is 228 g/mol. The first-order chi connectivity index (χ1) is 8.27. The largest absolute Gasteiger partial charge is 0.0850 e. The third-order valence-electron chi connectivity index (χ3n) is 2.47. The molecule has 84 valence electrons. The van der Waals surface area contributed by atoms with Crippen LogP contribution < -0.4 is 0 Å². The molecule has 0 aliphatic carbocycles. The molecule has 0 unspecified atom stereocenters. The minimum absolute atomic E-state index is 0.535. The van der Waals surface area contributed by atoms with Crippen LogP contribution in [0.15, 0.2) is 78.4 Å². The number of hydrogen-bond donors (Lipinski definition) is 0. The first-order valence-corrected chi connectivity index (χ1v) is 5.82. The van der Waals surface area contributed by atoms with E-state index in [2.05, 4.69) is 30.8 Å². The molecule has 0 aliphatic heterocycles. The van der Waals surface area contributed by atoms with E-state index in [9.17, 15) is 0 Å². The number of halogens is 1. The van der Waals surface area contributed by atoms with Crippen LogP contribution in [-0.2, 0) is 0 Å². The van der Waals surface area contributed by atoms with E-state index in [4.69, 9.17) is 11.6 Å². The van der Waals surface area contributed by atoms with Crippen LogP contribution in [0.4, 0.5) is 0 Å². The number of rotatable bonds is 3. The number of benzene rings is 2. The van der Waals surface area contributed by atoms with E-state index < -0.39 is 0 Å². The summed E-state index contributed by atoms with van der Waals surface area (Å²) >= 11 is 5.90. The Labute approximate surface area is 107 Å². The summed E-state index contributed by atoms with van der Waals surface area (Å²) in [6, 6.07) is 20.3. The van der Waals surface area contributed by atoms with Crippen molar-refractivity contribution in [1.82, 2.24) is 0 Å². The second kappa shape index (κ2) is 5.51. The van der Waals surface area contributed by atoms with Gasteiger partial charge in [-0.2, -0.15) is 0 Å². The van der Waals surface area contributed by atoms with Gasteiger partial charge in [-0.25, -0.2) is 0 Å². The van der Waals surface area contributed by atoms with Crippen LogP contribution in [0.25, 0.3) is 5.57 Å². The van der Waals surface area contributed by atoms with Gasteiger partial charge in [0.15, 0.2) is 0 Å². The lowest BCUT2D eigenvalue weighted by Gasteiger charge is -2.08. The Morgan fingerprint density at radius 2 is 1.24 bits per heavy atom. The molecular formula is C16H13Cl. The smallest absolute Gasteiger partial charge is 0.0340 e. The van der Waals surface area contributed by atoms with Gasteiger partial charge >= 0.3 is 0 Å². The fraction of sp³-hybridized carbons (Fsp3) is 0. The molecule has 1 heteroatoms. The van der Waals surface area contributed by atoms with Crippen LogP contribution >= 0.6 is 11.6 Å². The molecule has 2 aromatic rings. The van der Waals surface area contributed by atoms with E-state index in [-0.39, 0.29) is 0 Å². The van der Waals surface area contributed by atoms with E-state index in [1.54, 1.807) is 0 Å². The lowest BCUT2D eigenvalue weighted by molar-refractivity contribution is 1.54. The highest BCUT2D eigenvalue weighted by atomic mass is 35.5. The van der Waals surface area contributed by atoms with Gasteiger partial charge in [0.1, 0.15) is 0 Å². The number of allylic oxidation sites excluding steroid dienone is 2. The summed E-state index contributed by atoms with van der Waals surface area (Å²) < 4.78 is 0. The van der Waals surface area contributed by atoms with Crippen molar-refractivity contribution in [2.75, 3.05) is 0 Å². The van der Waals surface area contributed by atoms with Crippen molar-refractivity contribution < 1.29 is 0 Å². The average Bonchev–Trinajstić information content (AvgIpc) is 2.38. The summed E-state index contributed by atoms with van der Waals surface area (Å²) in [4.78, 5) is 0. The van der Waals surface area contributed by atoms with E-state index in [1.807, 2.05) is 42.5 Å². The van der Waals surface area contributed by atoms with Crippen molar-refractivity contribution in [1.29, 1.82) is 0 Å². The SMILES string of the molecule is C=C(Cl)C=C(c1ccccc1)c1ccccc1. The van der Waals surface area contributed by atoms with E-state index >= 15 is 0 Å². The lowest BCUT2D eigenvalue weighted by Crippen LogP contribution is -1.87. The molecule has 2 rings (SSSR count). The normalized spacial score (nSPS) is 9.71. The van der Waals surface area contributed by atoms with Gasteiger partial charge in [0, 0.05) is 5.03 Å². The second-order valence-corrected chi connectivity index (χ2v) is 4.22. The molecule has 0 nitrogen and oxygen atoms in total. The van der Waals surface area contributed by atoms with Crippen molar-refractivity contribution in [3.8, 4) is 0 Å². The fourth-order valence-corrected chi connectivity index (χ4v) is 1.83.